The quantitative estimate of drug-likeness (QED) is 0.629. The first kappa shape index (κ1) is 15.4. The van der Waals surface area contributed by atoms with Crippen LogP contribution in [0.3, 0.4) is 0 Å². The standard InChI is InChI=1S/C16H29NOS/c1-15(2,3)17-9-5-4-6-14-7-10-18-16(12-14)8-11-19-13-16/h4,6,14,17H,5,7-13H2,1-3H3. The molecule has 1 spiro atoms. The zero-order chi connectivity index (χ0) is 13.8. The average molecular weight is 283 g/mol. The number of hydrogen-bond donors (Lipinski definition) is 1. The Kier molecular flexibility index (Phi) is 5.38. The molecule has 110 valence electrons. The summed E-state index contributed by atoms with van der Waals surface area (Å²) >= 11 is 2.06. The highest BCUT2D eigenvalue weighted by Gasteiger charge is 2.39. The van der Waals surface area contributed by atoms with Crippen LogP contribution in [0.5, 0.6) is 0 Å². The Hall–Kier alpha value is 0.01000. The summed E-state index contributed by atoms with van der Waals surface area (Å²) in [7, 11) is 0. The van der Waals surface area contributed by atoms with Crippen LogP contribution < -0.4 is 5.32 Å². The van der Waals surface area contributed by atoms with Crippen LogP contribution in [0, 0.1) is 5.92 Å². The van der Waals surface area contributed by atoms with Gasteiger partial charge in [0.2, 0.25) is 0 Å². The van der Waals surface area contributed by atoms with Crippen molar-refractivity contribution < 1.29 is 4.74 Å². The molecule has 0 bridgehead atoms. The number of ether oxygens (including phenoxy) is 1. The van der Waals surface area contributed by atoms with Crippen LogP contribution in [-0.2, 0) is 4.74 Å². The Labute approximate surface area is 122 Å². The van der Waals surface area contributed by atoms with Gasteiger partial charge in [-0.1, -0.05) is 12.2 Å². The highest BCUT2D eigenvalue weighted by Crippen LogP contribution is 2.40. The lowest BCUT2D eigenvalue weighted by atomic mass is 9.85. The van der Waals surface area contributed by atoms with Crippen LogP contribution >= 0.6 is 11.8 Å². The highest BCUT2D eigenvalue weighted by atomic mass is 32.2. The minimum atomic E-state index is 0.224. The molecule has 0 radical (unpaired) electrons. The lowest BCUT2D eigenvalue weighted by Gasteiger charge is -2.36. The third kappa shape index (κ3) is 5.13. The number of allylic oxidation sites excluding steroid dienone is 1. The molecule has 2 fully saturated rings. The van der Waals surface area contributed by atoms with E-state index in [1.807, 2.05) is 0 Å². The summed E-state index contributed by atoms with van der Waals surface area (Å²) in [6.45, 7) is 8.68. The fraction of sp³-hybridized carbons (Fsp3) is 0.875. The van der Waals surface area contributed by atoms with Crippen molar-refractivity contribution in [3.63, 3.8) is 0 Å². The monoisotopic (exact) mass is 283 g/mol. The first-order valence-corrected chi connectivity index (χ1v) is 8.78. The number of rotatable bonds is 4. The molecule has 2 saturated heterocycles. The Morgan fingerprint density at radius 3 is 2.95 bits per heavy atom. The van der Waals surface area contributed by atoms with E-state index in [2.05, 4.69) is 50.0 Å². The summed E-state index contributed by atoms with van der Waals surface area (Å²) in [6, 6.07) is 0. The maximum absolute atomic E-state index is 6.06. The molecule has 2 rings (SSSR count). The van der Waals surface area contributed by atoms with Crippen molar-refractivity contribution in [2.45, 2.75) is 57.6 Å². The van der Waals surface area contributed by atoms with Gasteiger partial charge in [-0.3, -0.25) is 0 Å². The normalized spacial score (nSPS) is 32.5. The molecule has 0 aromatic carbocycles. The molecule has 3 heteroatoms. The van der Waals surface area contributed by atoms with Crippen molar-refractivity contribution >= 4 is 11.8 Å². The summed E-state index contributed by atoms with van der Waals surface area (Å²) in [5.41, 5.74) is 0.458. The molecule has 0 aromatic heterocycles. The predicted molar refractivity (Wildman–Crippen MR) is 84.9 cm³/mol. The topological polar surface area (TPSA) is 21.3 Å². The number of nitrogens with one attached hydrogen (secondary N) is 1. The van der Waals surface area contributed by atoms with Crippen LogP contribution in [0.1, 0.15) is 46.5 Å². The van der Waals surface area contributed by atoms with Crippen LogP contribution in [0.4, 0.5) is 0 Å². The second-order valence-electron chi connectivity index (χ2n) is 6.98. The van der Waals surface area contributed by atoms with Crippen LogP contribution in [0.2, 0.25) is 0 Å². The average Bonchev–Trinajstić information content (AvgIpc) is 2.75. The molecular formula is C16H29NOS. The molecule has 0 amide bonds. The largest absolute Gasteiger partial charge is 0.374 e. The van der Waals surface area contributed by atoms with Crippen molar-refractivity contribution in [3.8, 4) is 0 Å². The minimum absolute atomic E-state index is 0.224. The number of hydrogen-bond acceptors (Lipinski definition) is 3. The van der Waals surface area contributed by atoms with Crippen LogP contribution in [0.25, 0.3) is 0 Å². The Bertz CT molecular complexity index is 302. The van der Waals surface area contributed by atoms with Gasteiger partial charge in [-0.15, -0.1) is 0 Å². The van der Waals surface area contributed by atoms with Crippen molar-refractivity contribution in [2.24, 2.45) is 5.92 Å². The minimum Gasteiger partial charge on any atom is -0.374 e. The van der Waals surface area contributed by atoms with E-state index >= 15 is 0 Å². The summed E-state index contributed by atoms with van der Waals surface area (Å²) in [5.74, 6) is 3.23. The van der Waals surface area contributed by atoms with Gasteiger partial charge >= 0.3 is 0 Å². The number of thioether (sulfide) groups is 1. The molecule has 0 aliphatic carbocycles. The van der Waals surface area contributed by atoms with E-state index in [1.54, 1.807) is 0 Å². The third-order valence-corrected chi connectivity index (χ3v) is 5.20. The summed E-state index contributed by atoms with van der Waals surface area (Å²) in [6.07, 6.45) is 9.64. The molecule has 2 unspecified atom stereocenters. The van der Waals surface area contributed by atoms with Gasteiger partial charge < -0.3 is 10.1 Å². The molecule has 2 aliphatic heterocycles. The molecule has 19 heavy (non-hydrogen) atoms. The van der Waals surface area contributed by atoms with Gasteiger partial charge in [0, 0.05) is 17.9 Å². The van der Waals surface area contributed by atoms with Gasteiger partial charge in [-0.25, -0.2) is 0 Å². The van der Waals surface area contributed by atoms with Crippen molar-refractivity contribution in [3.05, 3.63) is 12.2 Å². The van der Waals surface area contributed by atoms with Gasteiger partial charge in [-0.2, -0.15) is 11.8 Å². The molecule has 2 nitrogen and oxygen atoms in total. The Balaban J connectivity index is 1.70. The maximum atomic E-state index is 6.06. The predicted octanol–water partition coefficient (Wildman–Crippen LogP) is 3.62. The van der Waals surface area contributed by atoms with Crippen molar-refractivity contribution in [1.82, 2.24) is 5.32 Å². The Morgan fingerprint density at radius 2 is 2.26 bits per heavy atom. The van der Waals surface area contributed by atoms with Crippen molar-refractivity contribution in [2.75, 3.05) is 24.7 Å². The molecule has 0 aromatic rings. The Morgan fingerprint density at radius 1 is 1.42 bits per heavy atom. The van der Waals surface area contributed by atoms with Crippen molar-refractivity contribution in [1.29, 1.82) is 0 Å². The smallest absolute Gasteiger partial charge is 0.0785 e. The summed E-state index contributed by atoms with van der Waals surface area (Å²) in [4.78, 5) is 0. The van der Waals surface area contributed by atoms with Gasteiger partial charge in [0.05, 0.1) is 5.60 Å². The fourth-order valence-corrected chi connectivity index (χ4v) is 4.29. The van der Waals surface area contributed by atoms with Gasteiger partial charge in [0.25, 0.3) is 0 Å². The van der Waals surface area contributed by atoms with E-state index in [4.69, 9.17) is 4.74 Å². The first-order chi connectivity index (χ1) is 8.99. The second kappa shape index (κ2) is 6.64. The molecule has 2 aliphatic rings. The van der Waals surface area contributed by atoms with E-state index in [1.165, 1.54) is 30.8 Å². The lowest BCUT2D eigenvalue weighted by molar-refractivity contribution is -0.0718. The third-order valence-electron chi connectivity index (χ3n) is 3.97. The molecule has 0 saturated carbocycles. The molecule has 2 atom stereocenters. The van der Waals surface area contributed by atoms with E-state index < -0.39 is 0 Å². The van der Waals surface area contributed by atoms with Gasteiger partial charge in [0.15, 0.2) is 0 Å². The fourth-order valence-electron chi connectivity index (χ4n) is 2.91. The van der Waals surface area contributed by atoms with Gasteiger partial charge in [-0.05, 0) is 64.7 Å². The van der Waals surface area contributed by atoms with E-state index in [9.17, 15) is 0 Å². The zero-order valence-corrected chi connectivity index (χ0v) is 13.5. The van der Waals surface area contributed by atoms with Crippen LogP contribution in [-0.4, -0.2) is 35.8 Å². The molecule has 2 heterocycles. The molecular weight excluding hydrogens is 254 g/mol. The van der Waals surface area contributed by atoms with E-state index in [-0.39, 0.29) is 11.1 Å². The maximum Gasteiger partial charge on any atom is 0.0785 e. The van der Waals surface area contributed by atoms with E-state index in [0.717, 1.165) is 25.5 Å². The first-order valence-electron chi connectivity index (χ1n) is 7.63. The second-order valence-corrected chi connectivity index (χ2v) is 8.09. The SMILES string of the molecule is CC(C)(C)NCCC=CC1CCOC2(CCSC2)C1. The highest BCUT2D eigenvalue weighted by molar-refractivity contribution is 7.99. The zero-order valence-electron chi connectivity index (χ0n) is 12.7. The van der Waals surface area contributed by atoms with Crippen LogP contribution in [0.15, 0.2) is 12.2 Å². The van der Waals surface area contributed by atoms with E-state index in [0.29, 0.717) is 0 Å². The summed E-state index contributed by atoms with van der Waals surface area (Å²) in [5, 5.41) is 3.53. The summed E-state index contributed by atoms with van der Waals surface area (Å²) < 4.78 is 6.06. The van der Waals surface area contributed by atoms with Gasteiger partial charge in [0.1, 0.15) is 0 Å². The molecule has 1 N–H and O–H groups in total. The lowest BCUT2D eigenvalue weighted by Crippen LogP contribution is -2.39.